The maximum absolute atomic E-state index is 12.7. The molecule has 0 spiro atoms. The van der Waals surface area contributed by atoms with Gasteiger partial charge in [0.25, 0.3) is 5.91 Å². The number of benzene rings is 1. The van der Waals surface area contributed by atoms with Gasteiger partial charge in [0.15, 0.2) is 0 Å². The number of carbonyl (C=O) groups excluding carboxylic acids is 3. The van der Waals surface area contributed by atoms with Crippen LogP contribution in [0.15, 0.2) is 30.3 Å². The lowest BCUT2D eigenvalue weighted by atomic mass is 10.0. The highest BCUT2D eigenvalue weighted by Gasteiger charge is 2.41. The van der Waals surface area contributed by atoms with Crippen molar-refractivity contribution in [2.75, 3.05) is 37.0 Å². The Hall–Kier alpha value is -2.28. The number of imide groups is 1. The summed E-state index contributed by atoms with van der Waals surface area (Å²) >= 11 is 5.57. The number of hydrogen-bond acceptors (Lipinski definition) is 3. The largest absolute Gasteiger partial charge is 0.337 e. The maximum atomic E-state index is 12.7. The molecule has 2 saturated heterocycles. The SMILES string of the molecule is O=C(NCCCl)N1CCC(N2CC(=O)N(c3ccccc3)C2=O)CC1. The summed E-state index contributed by atoms with van der Waals surface area (Å²) < 4.78 is 0. The Kier molecular flexibility index (Phi) is 5.43. The Morgan fingerprint density at radius 1 is 1.16 bits per heavy atom. The van der Waals surface area contributed by atoms with Crippen LogP contribution in [0.5, 0.6) is 0 Å². The average molecular weight is 365 g/mol. The van der Waals surface area contributed by atoms with Gasteiger partial charge in [-0.05, 0) is 25.0 Å². The number of amides is 5. The van der Waals surface area contributed by atoms with E-state index < -0.39 is 0 Å². The lowest BCUT2D eigenvalue weighted by molar-refractivity contribution is -0.116. The van der Waals surface area contributed by atoms with Crippen LogP contribution in [-0.4, -0.2) is 65.9 Å². The van der Waals surface area contributed by atoms with Crippen LogP contribution in [0.25, 0.3) is 0 Å². The molecule has 2 aliphatic rings. The van der Waals surface area contributed by atoms with Crippen LogP contribution in [-0.2, 0) is 4.79 Å². The van der Waals surface area contributed by atoms with Crippen LogP contribution in [0.2, 0.25) is 0 Å². The summed E-state index contributed by atoms with van der Waals surface area (Å²) in [5.74, 6) is 0.167. The van der Waals surface area contributed by atoms with Gasteiger partial charge in [-0.1, -0.05) is 18.2 Å². The summed E-state index contributed by atoms with van der Waals surface area (Å²) in [4.78, 5) is 41.5. The molecule has 0 atom stereocenters. The van der Waals surface area contributed by atoms with Gasteiger partial charge in [-0.15, -0.1) is 11.6 Å². The molecule has 0 radical (unpaired) electrons. The van der Waals surface area contributed by atoms with E-state index in [1.165, 1.54) is 4.90 Å². The van der Waals surface area contributed by atoms with E-state index in [0.29, 0.717) is 44.0 Å². The van der Waals surface area contributed by atoms with Crippen LogP contribution < -0.4 is 10.2 Å². The highest BCUT2D eigenvalue weighted by Crippen LogP contribution is 2.26. The molecule has 0 unspecified atom stereocenters. The van der Waals surface area contributed by atoms with Crippen LogP contribution in [0.1, 0.15) is 12.8 Å². The van der Waals surface area contributed by atoms with Gasteiger partial charge in [-0.25, -0.2) is 14.5 Å². The van der Waals surface area contributed by atoms with E-state index in [2.05, 4.69) is 5.32 Å². The van der Waals surface area contributed by atoms with Gasteiger partial charge in [0.05, 0.1) is 5.69 Å². The van der Waals surface area contributed by atoms with Gasteiger partial charge in [0, 0.05) is 31.6 Å². The van der Waals surface area contributed by atoms with Crippen molar-refractivity contribution in [2.45, 2.75) is 18.9 Å². The highest BCUT2D eigenvalue weighted by atomic mass is 35.5. The topological polar surface area (TPSA) is 73.0 Å². The highest BCUT2D eigenvalue weighted by molar-refractivity contribution is 6.19. The lowest BCUT2D eigenvalue weighted by Crippen LogP contribution is -2.50. The van der Waals surface area contributed by atoms with E-state index in [-0.39, 0.29) is 30.6 Å². The van der Waals surface area contributed by atoms with Crippen molar-refractivity contribution in [1.82, 2.24) is 15.1 Å². The quantitative estimate of drug-likeness (QED) is 0.654. The molecule has 2 heterocycles. The average Bonchev–Trinajstić information content (AvgIpc) is 2.95. The van der Waals surface area contributed by atoms with E-state index >= 15 is 0 Å². The number of carbonyl (C=O) groups is 3. The zero-order chi connectivity index (χ0) is 17.8. The predicted octanol–water partition coefficient (Wildman–Crippen LogP) is 1.87. The minimum Gasteiger partial charge on any atom is -0.337 e. The first-order chi connectivity index (χ1) is 12.1. The van der Waals surface area contributed by atoms with E-state index in [1.807, 2.05) is 6.07 Å². The molecule has 2 aliphatic heterocycles. The van der Waals surface area contributed by atoms with E-state index in [4.69, 9.17) is 11.6 Å². The molecule has 134 valence electrons. The Bertz CT molecular complexity index is 647. The van der Waals surface area contributed by atoms with Crippen molar-refractivity contribution in [1.29, 1.82) is 0 Å². The minimum absolute atomic E-state index is 0.0257. The van der Waals surface area contributed by atoms with E-state index in [0.717, 1.165) is 0 Å². The number of para-hydroxylation sites is 1. The van der Waals surface area contributed by atoms with Crippen molar-refractivity contribution >= 4 is 35.3 Å². The van der Waals surface area contributed by atoms with Gasteiger partial charge in [0.2, 0.25) is 0 Å². The number of nitrogens with one attached hydrogen (secondary N) is 1. The molecule has 25 heavy (non-hydrogen) atoms. The lowest BCUT2D eigenvalue weighted by Gasteiger charge is -2.36. The Balaban J connectivity index is 1.60. The first-order valence-electron chi connectivity index (χ1n) is 8.39. The van der Waals surface area contributed by atoms with E-state index in [9.17, 15) is 14.4 Å². The number of anilines is 1. The second kappa shape index (κ2) is 7.74. The van der Waals surface area contributed by atoms with Gasteiger partial charge in [-0.3, -0.25) is 4.79 Å². The van der Waals surface area contributed by atoms with Crippen LogP contribution in [0.3, 0.4) is 0 Å². The number of rotatable bonds is 4. The summed E-state index contributed by atoms with van der Waals surface area (Å²) in [6.07, 6.45) is 1.33. The second-order valence-corrected chi connectivity index (χ2v) is 6.49. The van der Waals surface area contributed by atoms with Crippen molar-refractivity contribution in [3.05, 3.63) is 30.3 Å². The number of nitrogens with zero attached hydrogens (tertiary/aromatic N) is 3. The summed E-state index contributed by atoms with van der Waals surface area (Å²) in [5.41, 5.74) is 0.595. The number of likely N-dealkylation sites (tertiary alicyclic amines) is 1. The normalized spacial score (nSPS) is 18.8. The molecule has 1 aromatic carbocycles. The molecule has 0 aliphatic carbocycles. The number of halogens is 1. The van der Waals surface area contributed by atoms with Crippen LogP contribution in [0.4, 0.5) is 15.3 Å². The zero-order valence-corrected chi connectivity index (χ0v) is 14.6. The van der Waals surface area contributed by atoms with Crippen molar-refractivity contribution in [3.8, 4) is 0 Å². The standard InChI is InChI=1S/C17H21ClN4O3/c18-8-9-19-16(24)20-10-6-13(7-11-20)21-12-15(23)22(17(21)25)14-4-2-1-3-5-14/h1-5,13H,6-12H2,(H,19,24). The summed E-state index contributed by atoms with van der Waals surface area (Å²) in [6, 6.07) is 8.52. The van der Waals surface area contributed by atoms with Crippen molar-refractivity contribution < 1.29 is 14.4 Å². The summed E-state index contributed by atoms with van der Waals surface area (Å²) in [6.45, 7) is 1.65. The molecule has 5 amide bonds. The predicted molar refractivity (Wildman–Crippen MR) is 94.7 cm³/mol. The third kappa shape index (κ3) is 3.71. The number of hydrogen-bond donors (Lipinski definition) is 1. The molecule has 2 fully saturated rings. The zero-order valence-electron chi connectivity index (χ0n) is 13.9. The Morgan fingerprint density at radius 2 is 1.84 bits per heavy atom. The molecular weight excluding hydrogens is 344 g/mol. The maximum Gasteiger partial charge on any atom is 0.332 e. The van der Waals surface area contributed by atoms with Gasteiger partial charge < -0.3 is 15.1 Å². The second-order valence-electron chi connectivity index (χ2n) is 6.11. The fraction of sp³-hybridized carbons (Fsp3) is 0.471. The third-order valence-electron chi connectivity index (χ3n) is 4.57. The molecule has 7 nitrogen and oxygen atoms in total. The summed E-state index contributed by atoms with van der Waals surface area (Å²) in [7, 11) is 0. The fourth-order valence-corrected chi connectivity index (χ4v) is 3.38. The van der Waals surface area contributed by atoms with Crippen molar-refractivity contribution in [2.24, 2.45) is 0 Å². The first-order valence-corrected chi connectivity index (χ1v) is 8.92. The minimum atomic E-state index is -0.277. The van der Waals surface area contributed by atoms with Crippen molar-refractivity contribution in [3.63, 3.8) is 0 Å². The Labute approximate surface area is 151 Å². The van der Waals surface area contributed by atoms with Crippen LogP contribution in [0, 0.1) is 0 Å². The number of urea groups is 2. The molecule has 1 N–H and O–H groups in total. The third-order valence-corrected chi connectivity index (χ3v) is 4.76. The fourth-order valence-electron chi connectivity index (χ4n) is 3.28. The number of piperidine rings is 1. The number of alkyl halides is 1. The van der Waals surface area contributed by atoms with E-state index in [1.54, 1.807) is 34.1 Å². The Morgan fingerprint density at radius 3 is 2.48 bits per heavy atom. The molecule has 3 rings (SSSR count). The van der Waals surface area contributed by atoms with Gasteiger partial charge in [-0.2, -0.15) is 0 Å². The molecular formula is C17H21ClN4O3. The monoisotopic (exact) mass is 364 g/mol. The summed E-state index contributed by atoms with van der Waals surface area (Å²) in [5, 5.41) is 2.74. The molecule has 0 aromatic heterocycles. The molecule has 1 aromatic rings. The molecule has 0 bridgehead atoms. The molecule has 0 saturated carbocycles. The smallest absolute Gasteiger partial charge is 0.332 e. The van der Waals surface area contributed by atoms with Crippen LogP contribution >= 0.6 is 11.6 Å². The van der Waals surface area contributed by atoms with Gasteiger partial charge in [0.1, 0.15) is 6.54 Å². The van der Waals surface area contributed by atoms with Gasteiger partial charge >= 0.3 is 12.1 Å². The molecule has 8 heteroatoms. The first kappa shape index (κ1) is 17.5.